The van der Waals surface area contributed by atoms with E-state index in [2.05, 4.69) is 9.73 Å². The Morgan fingerprint density at radius 3 is 2.37 bits per heavy atom. The second kappa shape index (κ2) is 13.5. The van der Waals surface area contributed by atoms with Gasteiger partial charge in [-0.15, -0.1) is 11.8 Å². The Morgan fingerprint density at radius 1 is 1.11 bits per heavy atom. The molecule has 0 bridgehead atoms. The molecule has 0 fully saturated rings. The molecule has 0 spiro atoms. The van der Waals surface area contributed by atoms with Crippen LogP contribution < -0.4 is 14.4 Å². The van der Waals surface area contributed by atoms with E-state index in [0.717, 1.165) is 42.0 Å². The van der Waals surface area contributed by atoms with Crippen LogP contribution in [0.1, 0.15) is 23.2 Å². The molecule has 0 atom stereocenters. The third kappa shape index (κ3) is 7.11. The maximum atomic E-state index is 14.3. The van der Waals surface area contributed by atoms with E-state index >= 15 is 0 Å². The van der Waals surface area contributed by atoms with Gasteiger partial charge >= 0.3 is 16.8 Å². The molecule has 1 aliphatic heterocycles. The lowest BCUT2D eigenvalue weighted by atomic mass is 10.2. The zero-order chi connectivity index (χ0) is 28.0. The molecule has 0 aliphatic carbocycles. The number of aromatic nitrogens is 2. The number of fused-ring (bicyclic) bond motifs is 1. The van der Waals surface area contributed by atoms with E-state index in [0.29, 0.717) is 22.8 Å². The Hall–Kier alpha value is -2.51. The maximum Gasteiger partial charge on any atom is 0.341 e. The van der Waals surface area contributed by atoms with Crippen molar-refractivity contribution in [2.75, 3.05) is 20.0 Å². The number of ether oxygens (including phenoxy) is 2. The van der Waals surface area contributed by atoms with Crippen molar-refractivity contribution in [1.29, 1.82) is 0 Å². The van der Waals surface area contributed by atoms with E-state index in [1.165, 1.54) is 32.4 Å². The summed E-state index contributed by atoms with van der Waals surface area (Å²) in [5.41, 5.74) is -0.0313. The highest BCUT2D eigenvalue weighted by Gasteiger charge is 2.18. The highest BCUT2D eigenvalue weighted by atomic mass is 35.5. The maximum absolute atomic E-state index is 14.3. The van der Waals surface area contributed by atoms with Gasteiger partial charge in [-0.05, 0) is 48.4 Å². The first-order valence-corrected chi connectivity index (χ1v) is 13.8. The molecule has 1 N–H and O–H groups in total. The van der Waals surface area contributed by atoms with Crippen LogP contribution in [-0.2, 0) is 22.6 Å². The topological polar surface area (TPSA) is 112 Å². The van der Waals surface area contributed by atoms with E-state index < -0.39 is 17.8 Å². The number of hydrogen-bond donors (Lipinski definition) is 1. The van der Waals surface area contributed by atoms with Crippen LogP contribution in [0.4, 0.5) is 10.1 Å². The monoisotopic (exact) mass is 623 g/mol. The Morgan fingerprint density at radius 2 is 1.76 bits per heavy atom. The second-order valence-corrected chi connectivity index (χ2v) is 10.7. The predicted octanol–water partition coefficient (Wildman–Crippen LogP) is 5.50. The number of thioether (sulfide) groups is 1. The van der Waals surface area contributed by atoms with E-state index in [4.69, 9.17) is 44.6 Å². The molecule has 4 rings (SSSR count). The Bertz CT molecular complexity index is 1490. The van der Waals surface area contributed by atoms with Crippen LogP contribution in [0, 0.1) is 5.82 Å². The quantitative estimate of drug-likeness (QED) is 0.285. The second-order valence-electron chi connectivity index (χ2n) is 7.56. The van der Waals surface area contributed by atoms with Crippen molar-refractivity contribution in [3.05, 3.63) is 65.2 Å². The number of carboxylic acid groups (broad SMARTS) is 1. The molecule has 0 saturated carbocycles. The first-order chi connectivity index (χ1) is 18.1. The van der Waals surface area contributed by atoms with Crippen molar-refractivity contribution in [3.63, 3.8) is 0 Å². The van der Waals surface area contributed by atoms with Crippen LogP contribution in [0.5, 0.6) is 5.75 Å². The fourth-order valence-electron chi connectivity index (χ4n) is 3.36. The van der Waals surface area contributed by atoms with Crippen molar-refractivity contribution in [3.8, 4) is 5.75 Å². The van der Waals surface area contributed by atoms with E-state index in [-0.39, 0.29) is 42.7 Å². The Labute approximate surface area is 239 Å². The fourth-order valence-corrected chi connectivity index (χ4v) is 5.81. The smallest absolute Gasteiger partial charge is 0.341 e. The van der Waals surface area contributed by atoms with Crippen molar-refractivity contribution in [2.45, 2.75) is 30.8 Å². The van der Waals surface area contributed by atoms with Gasteiger partial charge in [-0.3, -0.25) is 14.3 Å². The van der Waals surface area contributed by atoms with Crippen molar-refractivity contribution >= 4 is 75.5 Å². The number of carboxylic acids is 1. The first-order valence-electron chi connectivity index (χ1n) is 10.9. The number of carbonyl (C=O) groups excluding carboxylic acids is 1. The normalized spacial score (nSPS) is 12.8. The highest BCUT2D eigenvalue weighted by molar-refractivity contribution is 8.00. The van der Waals surface area contributed by atoms with Gasteiger partial charge < -0.3 is 14.6 Å². The number of esters is 1. The van der Waals surface area contributed by atoms with Gasteiger partial charge in [0, 0.05) is 18.0 Å². The lowest BCUT2D eigenvalue weighted by Gasteiger charge is -2.15. The summed E-state index contributed by atoms with van der Waals surface area (Å²) in [6, 6.07) is 5.54. The molecular weight excluding hydrogens is 604 g/mol. The van der Waals surface area contributed by atoms with Gasteiger partial charge in [0.15, 0.2) is 5.75 Å². The number of rotatable bonds is 6. The lowest BCUT2D eigenvalue weighted by molar-refractivity contribution is -0.137. The molecule has 1 aromatic heterocycles. The number of nitrogens with zero attached hydrogens (tertiary/aromatic N) is 3. The van der Waals surface area contributed by atoms with Crippen LogP contribution >= 0.6 is 57.9 Å². The van der Waals surface area contributed by atoms with Gasteiger partial charge in [0.05, 0.1) is 35.0 Å². The zero-order valence-electron chi connectivity index (χ0n) is 20.0. The summed E-state index contributed by atoms with van der Waals surface area (Å²) in [4.78, 5) is 39.2. The predicted molar refractivity (Wildman–Crippen MR) is 145 cm³/mol. The van der Waals surface area contributed by atoms with Crippen LogP contribution in [0.25, 0.3) is 0 Å². The van der Waals surface area contributed by atoms with Crippen LogP contribution in [0.2, 0.25) is 15.1 Å². The number of methoxy groups -OCH3 is 2. The molecule has 15 heteroatoms. The average molecular weight is 625 g/mol. The van der Waals surface area contributed by atoms with Gasteiger partial charge in [-0.25, -0.2) is 18.9 Å². The largest absolute Gasteiger partial charge is 0.494 e. The third-order valence-electron chi connectivity index (χ3n) is 5.16. The van der Waals surface area contributed by atoms with E-state index in [1.54, 1.807) is 9.36 Å². The van der Waals surface area contributed by atoms with E-state index in [1.807, 2.05) is 0 Å². The summed E-state index contributed by atoms with van der Waals surface area (Å²) < 4.78 is 27.1. The Kier molecular flexibility index (Phi) is 10.7. The molecule has 0 amide bonds. The minimum atomic E-state index is -1.16. The molecule has 0 saturated heterocycles. The summed E-state index contributed by atoms with van der Waals surface area (Å²) in [7, 11) is 2.63. The summed E-state index contributed by atoms with van der Waals surface area (Å²) in [5, 5.41) is 9.31. The van der Waals surface area contributed by atoms with Crippen molar-refractivity contribution in [1.82, 2.24) is 9.36 Å². The highest BCUT2D eigenvalue weighted by Crippen LogP contribution is 2.34. The standard InChI is InChI=1S/C15H15ClFN3O3S2.C8H6Cl2O3/c1-23-13(21)8-24-12-7-11(10(17)6-9(12)16)18-14-19-4-2-3-5-20(19)15(22)25-14;1-13-7-5(10)3-2-4(9)6(7)8(11)12/h6-7H,2-5,8H2,1H3;2-3H,1H3,(H,11,12). The minimum absolute atomic E-state index is 0.0605. The molecular formula is C23H21Cl3FN3O6S2. The fraction of sp³-hybridized carbons (Fsp3) is 0.304. The number of carbonyl (C=O) groups is 2. The molecule has 38 heavy (non-hydrogen) atoms. The van der Waals surface area contributed by atoms with Gasteiger partial charge in [0.1, 0.15) is 17.1 Å². The van der Waals surface area contributed by atoms with Gasteiger partial charge in [0.2, 0.25) is 4.80 Å². The van der Waals surface area contributed by atoms with Crippen molar-refractivity contribution < 1.29 is 28.6 Å². The molecule has 204 valence electrons. The van der Waals surface area contributed by atoms with Gasteiger partial charge in [0.25, 0.3) is 0 Å². The summed E-state index contributed by atoms with van der Waals surface area (Å²) >= 11 is 19.5. The number of halogens is 4. The minimum Gasteiger partial charge on any atom is -0.494 e. The lowest BCUT2D eigenvalue weighted by Crippen LogP contribution is -2.31. The van der Waals surface area contributed by atoms with Gasteiger partial charge in [-0.2, -0.15) is 0 Å². The van der Waals surface area contributed by atoms with Crippen molar-refractivity contribution in [2.24, 2.45) is 4.99 Å². The third-order valence-corrected chi connectivity index (χ3v) is 8.09. The number of aromatic carboxylic acids is 1. The first kappa shape index (κ1) is 30.0. The molecule has 0 radical (unpaired) electrons. The molecule has 1 aliphatic rings. The molecule has 2 heterocycles. The van der Waals surface area contributed by atoms with Crippen LogP contribution in [-0.4, -0.2) is 46.4 Å². The molecule has 9 nitrogen and oxygen atoms in total. The van der Waals surface area contributed by atoms with Crippen LogP contribution in [0.15, 0.2) is 38.9 Å². The summed E-state index contributed by atoms with van der Waals surface area (Å²) in [6.45, 7) is 1.32. The molecule has 3 aromatic rings. The zero-order valence-corrected chi connectivity index (χ0v) is 23.9. The average Bonchev–Trinajstić information content (AvgIpc) is 3.21. The summed E-state index contributed by atoms with van der Waals surface area (Å²) in [6.07, 6.45) is 1.90. The molecule has 2 aromatic carbocycles. The number of benzene rings is 2. The van der Waals surface area contributed by atoms with E-state index in [9.17, 15) is 18.8 Å². The van der Waals surface area contributed by atoms with Crippen LogP contribution in [0.3, 0.4) is 0 Å². The van der Waals surface area contributed by atoms with Gasteiger partial charge in [-0.1, -0.05) is 34.8 Å². The SMILES string of the molecule is COC(=O)CSc1cc(N=c2sc(=O)n3n2CCCC3)c(F)cc1Cl.COc1c(Cl)ccc(Cl)c1C(=O)O. The Balaban J connectivity index is 0.000000260. The number of hydrogen-bond acceptors (Lipinski definition) is 8. The summed E-state index contributed by atoms with van der Waals surface area (Å²) in [5.74, 6) is -2.00. The molecule has 0 unspecified atom stereocenters.